The maximum absolute atomic E-state index is 13.2. The quantitative estimate of drug-likeness (QED) is 0.0167. The van der Waals surface area contributed by atoms with Crippen molar-refractivity contribution in [3.8, 4) is 17.2 Å². The topological polar surface area (TPSA) is 378 Å². The van der Waals surface area contributed by atoms with Gasteiger partial charge in [0.25, 0.3) is 29.5 Å². The van der Waals surface area contributed by atoms with Crippen LogP contribution in [0, 0.1) is 34.6 Å². The number of ether oxygens (including phenoxy) is 3. The second-order valence-corrected chi connectivity index (χ2v) is 36.1. The van der Waals surface area contributed by atoms with E-state index in [4.69, 9.17) is 81.0 Å². The lowest BCUT2D eigenvalue weighted by atomic mass is 10.1. The highest BCUT2D eigenvalue weighted by molar-refractivity contribution is 7.90. The molecule has 0 saturated carbocycles. The number of carbonyl (C=O) groups is 6. The zero-order chi connectivity index (χ0) is 87.4. The summed E-state index contributed by atoms with van der Waals surface area (Å²) < 4.78 is 110. The van der Waals surface area contributed by atoms with Crippen molar-refractivity contribution in [1.82, 2.24) is 45.1 Å². The van der Waals surface area contributed by atoms with Crippen LogP contribution in [0.1, 0.15) is 128 Å². The molecule has 5 aromatic heterocycles. The number of fused-ring (bicyclic) bond motifs is 4. The molecule has 0 spiro atoms. The summed E-state index contributed by atoms with van der Waals surface area (Å²) in [5.41, 5.74) is 9.23. The number of nitrogens with one attached hydrogen (secondary N) is 9. The van der Waals surface area contributed by atoms with Crippen LogP contribution in [0.5, 0.6) is 17.2 Å². The number of aromatic amines is 3. The highest BCUT2D eigenvalue weighted by atomic mass is 35.5. The third-order valence-electron chi connectivity index (χ3n) is 19.4. The van der Waals surface area contributed by atoms with Gasteiger partial charge in [0.05, 0.1) is 55.2 Å². The molecule has 0 unspecified atom stereocenters. The van der Waals surface area contributed by atoms with Gasteiger partial charge in [0.2, 0.25) is 36.0 Å². The van der Waals surface area contributed by atoms with Gasteiger partial charge < -0.3 is 53.9 Å². The van der Waals surface area contributed by atoms with Crippen LogP contribution in [-0.4, -0.2) is 132 Å². The van der Waals surface area contributed by atoms with Crippen molar-refractivity contribution in [3.05, 3.63) is 286 Å². The van der Waals surface area contributed by atoms with Crippen molar-refractivity contribution in [3.63, 3.8) is 0 Å². The fraction of sp³-hybridized carbons (Fsp3) is 0.250. The second-order valence-electron chi connectivity index (χ2n) is 28.5. The molecule has 0 aliphatic rings. The first-order valence-corrected chi connectivity index (χ1v) is 45.5. The van der Waals surface area contributed by atoms with Crippen LogP contribution in [-0.2, 0) is 60.5 Å². The van der Waals surface area contributed by atoms with Crippen LogP contribution in [0.3, 0.4) is 0 Å². The number of aryl methyl sites for hydroxylation is 9. The summed E-state index contributed by atoms with van der Waals surface area (Å²) in [6.07, 6.45) is 6.54. The Morgan fingerprint density at radius 3 is 1.25 bits per heavy atom. The summed E-state index contributed by atoms with van der Waals surface area (Å²) in [4.78, 5) is 84.8. The van der Waals surface area contributed by atoms with E-state index < -0.39 is 76.9 Å². The Morgan fingerprint density at radius 2 is 0.811 bits per heavy atom. The van der Waals surface area contributed by atoms with Gasteiger partial charge in [0, 0.05) is 89.3 Å². The Morgan fingerprint density at radius 1 is 0.393 bits per heavy atom. The lowest BCUT2D eigenvalue weighted by Crippen LogP contribution is -2.37. The molecule has 0 saturated heterocycles. The molecule has 640 valence electrons. The van der Waals surface area contributed by atoms with Crippen LogP contribution < -0.4 is 44.3 Å². The average Bonchev–Trinajstić information content (AvgIpc) is 1.64. The van der Waals surface area contributed by atoms with Crippen molar-refractivity contribution in [2.75, 3.05) is 56.7 Å². The molecule has 6 amide bonds. The van der Waals surface area contributed by atoms with Crippen LogP contribution in [0.15, 0.2) is 191 Å². The molecule has 13 rings (SSSR count). The number of sulfonamides is 3. The van der Waals surface area contributed by atoms with E-state index in [1.165, 1.54) is 24.7 Å². The van der Waals surface area contributed by atoms with E-state index in [-0.39, 0.29) is 54.8 Å². The first-order chi connectivity index (χ1) is 58.3. The van der Waals surface area contributed by atoms with Crippen LogP contribution >= 0.6 is 58.0 Å². The number of halogens is 5. The molecule has 0 aliphatic carbocycles. The van der Waals surface area contributed by atoms with Gasteiger partial charge in [-0.2, -0.15) is 0 Å². The molecule has 0 atom stereocenters. The van der Waals surface area contributed by atoms with Gasteiger partial charge in [-0.15, -0.1) is 0 Å². The third kappa shape index (κ3) is 25.2. The van der Waals surface area contributed by atoms with Crippen molar-refractivity contribution in [2.24, 2.45) is 0 Å². The third-order valence-corrected chi connectivity index (χ3v) is 25.1. The van der Waals surface area contributed by atoms with Crippen molar-refractivity contribution in [1.29, 1.82) is 0 Å². The van der Waals surface area contributed by atoms with E-state index in [1.807, 2.05) is 125 Å². The van der Waals surface area contributed by atoms with E-state index in [0.717, 1.165) is 60.5 Å². The van der Waals surface area contributed by atoms with Crippen molar-refractivity contribution >= 4 is 167 Å². The number of carbonyl (C=O) groups excluding carboxylic acids is 6. The molecule has 0 radical (unpaired) electrons. The first kappa shape index (κ1) is 91.5. The van der Waals surface area contributed by atoms with Gasteiger partial charge in [-0.1, -0.05) is 143 Å². The summed E-state index contributed by atoms with van der Waals surface area (Å²) in [7, 11) is -12.1. The Balaban J connectivity index is 0.000000179. The lowest BCUT2D eigenvalue weighted by molar-refractivity contribution is -0.120. The summed E-state index contributed by atoms with van der Waals surface area (Å²) in [5, 5.41) is 14.8. The summed E-state index contributed by atoms with van der Waals surface area (Å²) in [6, 6.07) is 50.9. The average molecular weight is 1820 g/mol. The predicted octanol–water partition coefficient (Wildman–Crippen LogP) is 16.5. The van der Waals surface area contributed by atoms with Crippen molar-refractivity contribution in [2.45, 2.75) is 86.0 Å². The normalized spacial score (nSPS) is 11.5. The Kier molecular flexibility index (Phi) is 31.5. The summed E-state index contributed by atoms with van der Waals surface area (Å²) in [5.74, 6) is -2.42. The first-order valence-electron chi connectivity index (χ1n) is 38.7. The van der Waals surface area contributed by atoms with Crippen LogP contribution in [0.4, 0.5) is 0 Å². The number of H-pyrrole nitrogens is 3. The van der Waals surface area contributed by atoms with Gasteiger partial charge in [-0.05, 0) is 214 Å². The zero-order valence-corrected chi connectivity index (χ0v) is 73.1. The zero-order valence-electron chi connectivity index (χ0n) is 66.9. The van der Waals surface area contributed by atoms with E-state index in [0.29, 0.717) is 146 Å². The van der Waals surface area contributed by atoms with Crippen LogP contribution in [0.25, 0.3) is 43.5 Å². The van der Waals surface area contributed by atoms with Gasteiger partial charge in [-0.3, -0.25) is 28.8 Å². The van der Waals surface area contributed by atoms with E-state index in [1.54, 1.807) is 67.6 Å². The van der Waals surface area contributed by atoms with E-state index in [9.17, 15) is 54.0 Å². The van der Waals surface area contributed by atoms with Crippen molar-refractivity contribution < 1.29 is 77.1 Å². The highest BCUT2D eigenvalue weighted by Gasteiger charge is 2.28. The summed E-state index contributed by atoms with van der Waals surface area (Å²) in [6.45, 7) is 9.90. The number of benzene rings is 8. The molecule has 34 heteroatoms. The molecule has 13 aromatic rings. The second kappa shape index (κ2) is 42.0. The number of hydrogen-bond acceptors (Lipinski definition) is 17. The molecule has 26 nitrogen and oxygen atoms in total. The van der Waals surface area contributed by atoms with E-state index >= 15 is 0 Å². The largest absolute Gasteiger partial charge is 0.494 e. The van der Waals surface area contributed by atoms with Crippen LogP contribution in [0.2, 0.25) is 25.1 Å². The number of rotatable bonds is 35. The van der Waals surface area contributed by atoms with Gasteiger partial charge in [0.15, 0.2) is 5.76 Å². The molecule has 0 bridgehead atoms. The minimum absolute atomic E-state index is 0.0584. The number of furan rings is 2. The molecule has 0 aliphatic heterocycles. The fourth-order valence-corrected chi connectivity index (χ4v) is 16.8. The molecular weight excluding hydrogens is 1730 g/mol. The highest BCUT2D eigenvalue weighted by Crippen LogP contribution is 2.34. The molecule has 9 N–H and O–H groups in total. The minimum Gasteiger partial charge on any atom is -0.494 e. The summed E-state index contributed by atoms with van der Waals surface area (Å²) >= 11 is 30.9. The Hall–Kier alpha value is -11.3. The standard InChI is InChI=1S/C31H33Cl2N3O5S.C30H28ClN3O6S.C27H27Cl2N3O6S/c1-20-17-24(18-21(2)29(20)33)41-15-6-9-26-25-12-11-23(32)19-27(25)35-30(26)31(38)36-42(39,40)16-14-34-28(37)13-10-22-7-4-3-5-8-22;1-19-22(13-16-39-19)29(35)32-14-17-41(37,38)34-30(36)28-25(24-12-11-21(31)18-26(24)33-28)9-5-15-40-27-10-4-7-20-6-2-3-8-23(20)27;1-16-13-19(14-17(2)24(16)29)37-10-3-5-21-20-8-7-18(28)15-22(20)31-25(21)27(34)32-39(35,36)12-9-30-26(33)23-6-4-11-38-23/h3-5,7-8,11-12,17-19,35H,6,9-10,13-16H2,1-2H3,(H,34,37)(H,36,38);2-4,6-8,10-13,16,18,33H,5,9,14-15,17H2,1H3,(H,32,35)(H,34,36);4,6-8,11,13-15,31H,3,5,9-10,12H2,1-2H3,(H,30,33)(H,32,34). The Labute approximate surface area is 729 Å². The smallest absolute Gasteiger partial charge is 0.287 e. The molecule has 0 fully saturated rings. The maximum atomic E-state index is 13.2. The monoisotopic (exact) mass is 1810 g/mol. The van der Waals surface area contributed by atoms with Gasteiger partial charge in [0.1, 0.15) is 40.1 Å². The Bertz CT molecular complexity index is 6300. The number of aromatic nitrogens is 3. The minimum atomic E-state index is -4.06. The number of amides is 6. The maximum Gasteiger partial charge on any atom is 0.287 e. The molecular formula is C88H88Cl5N9O17S3. The van der Waals surface area contributed by atoms with Gasteiger partial charge >= 0.3 is 0 Å². The number of hydrogen-bond donors (Lipinski definition) is 9. The van der Waals surface area contributed by atoms with Gasteiger partial charge in [-0.25, -0.2) is 39.4 Å². The lowest BCUT2D eigenvalue weighted by Gasteiger charge is -2.11. The molecule has 8 aromatic carbocycles. The fourth-order valence-electron chi connectivity index (χ4n) is 13.5. The molecule has 5 heterocycles. The predicted molar refractivity (Wildman–Crippen MR) is 476 cm³/mol. The van der Waals surface area contributed by atoms with E-state index in [2.05, 4.69) is 45.1 Å². The molecule has 122 heavy (non-hydrogen) atoms. The SMILES string of the molecule is Cc1cc(OCCCc2c(C(=O)NS(=O)(=O)CCNC(=O)CCc3ccccc3)[nH]c3cc(Cl)ccc23)cc(C)c1Cl.Cc1cc(OCCCc2c(C(=O)NS(=O)(=O)CCNC(=O)c3ccco3)[nH]c3cc(Cl)ccc23)cc(C)c1Cl.Cc1occc1C(=O)NCCS(=O)(=O)NC(=O)c1[nH]c2cc(Cl)ccc2c1CCCOc1cccc2ccccc12.